The Morgan fingerprint density at radius 2 is 2.16 bits per heavy atom. The van der Waals surface area contributed by atoms with Gasteiger partial charge >= 0.3 is 0 Å². The maximum atomic E-state index is 12.1. The normalized spacial score (nSPS) is 18.1. The minimum absolute atomic E-state index is 0.393. The Morgan fingerprint density at radius 1 is 1.37 bits per heavy atom. The molecule has 1 aromatic carbocycles. The van der Waals surface area contributed by atoms with Gasteiger partial charge in [-0.2, -0.15) is 0 Å². The van der Waals surface area contributed by atoms with E-state index < -0.39 is 10.8 Å². The lowest BCUT2D eigenvalue weighted by atomic mass is 10.1. The molecule has 1 saturated carbocycles. The lowest BCUT2D eigenvalue weighted by Crippen LogP contribution is -2.09. The zero-order valence-corrected chi connectivity index (χ0v) is 11.6. The van der Waals surface area contributed by atoms with Crippen molar-refractivity contribution in [3.63, 3.8) is 0 Å². The van der Waals surface area contributed by atoms with Crippen LogP contribution in [0.1, 0.15) is 31.6 Å². The minimum Gasteiger partial charge on any atom is -0.440 e. The van der Waals surface area contributed by atoms with Gasteiger partial charge in [0.15, 0.2) is 5.58 Å². The van der Waals surface area contributed by atoms with Crippen molar-refractivity contribution in [2.45, 2.75) is 31.4 Å². The van der Waals surface area contributed by atoms with Crippen molar-refractivity contribution in [1.82, 2.24) is 4.98 Å². The van der Waals surface area contributed by atoms with E-state index >= 15 is 0 Å². The Morgan fingerprint density at radius 3 is 2.89 bits per heavy atom. The molecule has 1 aliphatic carbocycles. The quantitative estimate of drug-likeness (QED) is 0.873. The molecular formula is C14H18N2O2S. The number of oxazole rings is 1. The molecule has 0 saturated heterocycles. The Labute approximate surface area is 114 Å². The van der Waals surface area contributed by atoms with Crippen molar-refractivity contribution in [1.29, 1.82) is 0 Å². The summed E-state index contributed by atoms with van der Waals surface area (Å²) in [6.45, 7) is 0. The van der Waals surface area contributed by atoms with Crippen LogP contribution in [0.25, 0.3) is 11.1 Å². The Balaban J connectivity index is 1.70. The van der Waals surface area contributed by atoms with Gasteiger partial charge in [0, 0.05) is 16.6 Å². The SMILES string of the molecule is Nc1cccc2oc(CS(=O)CC3CCCC3)nc12. The van der Waals surface area contributed by atoms with Crippen LogP contribution in [0.15, 0.2) is 22.6 Å². The molecule has 1 aromatic heterocycles. The lowest BCUT2D eigenvalue weighted by Gasteiger charge is -2.06. The first kappa shape index (κ1) is 12.7. The van der Waals surface area contributed by atoms with Crippen molar-refractivity contribution < 1.29 is 8.63 Å². The summed E-state index contributed by atoms with van der Waals surface area (Å²) >= 11 is 0. The van der Waals surface area contributed by atoms with Crippen LogP contribution < -0.4 is 5.73 Å². The molecule has 0 aliphatic heterocycles. The third-order valence-corrected chi connectivity index (χ3v) is 5.09. The molecule has 102 valence electrons. The van der Waals surface area contributed by atoms with Crippen LogP contribution in [0, 0.1) is 5.92 Å². The standard InChI is InChI=1S/C14H18N2O2S/c15-11-6-3-7-12-14(11)16-13(18-12)9-19(17)8-10-4-1-2-5-10/h3,6-7,10H,1-2,4-5,8-9,15H2. The summed E-state index contributed by atoms with van der Waals surface area (Å²) in [5.74, 6) is 2.32. The summed E-state index contributed by atoms with van der Waals surface area (Å²) in [6, 6.07) is 5.47. The first-order valence-electron chi connectivity index (χ1n) is 6.71. The van der Waals surface area contributed by atoms with E-state index in [1.54, 1.807) is 6.07 Å². The fourth-order valence-electron chi connectivity index (χ4n) is 2.71. The van der Waals surface area contributed by atoms with Crippen LogP contribution in [0.4, 0.5) is 5.69 Å². The van der Waals surface area contributed by atoms with Gasteiger partial charge in [0.25, 0.3) is 0 Å². The molecule has 19 heavy (non-hydrogen) atoms. The van der Waals surface area contributed by atoms with E-state index in [-0.39, 0.29) is 0 Å². The van der Waals surface area contributed by atoms with Crippen LogP contribution in [0.2, 0.25) is 0 Å². The molecule has 3 rings (SSSR count). The second kappa shape index (κ2) is 5.33. The van der Waals surface area contributed by atoms with Crippen molar-refractivity contribution in [2.75, 3.05) is 11.5 Å². The summed E-state index contributed by atoms with van der Waals surface area (Å²) in [5.41, 5.74) is 7.79. The maximum absolute atomic E-state index is 12.1. The number of para-hydroxylation sites is 1. The summed E-state index contributed by atoms with van der Waals surface area (Å²) in [6.07, 6.45) is 4.99. The number of rotatable bonds is 4. The van der Waals surface area contributed by atoms with Crippen molar-refractivity contribution >= 4 is 27.6 Å². The van der Waals surface area contributed by atoms with Crippen molar-refractivity contribution in [3.8, 4) is 0 Å². The van der Waals surface area contributed by atoms with Gasteiger partial charge in [-0.05, 0) is 30.9 Å². The van der Waals surface area contributed by atoms with Gasteiger partial charge in [0.05, 0.1) is 5.69 Å². The van der Waals surface area contributed by atoms with Gasteiger partial charge in [-0.25, -0.2) is 4.98 Å². The third kappa shape index (κ3) is 2.81. The molecule has 5 heteroatoms. The van der Waals surface area contributed by atoms with E-state index in [2.05, 4.69) is 4.98 Å². The van der Waals surface area contributed by atoms with Gasteiger partial charge in [0.1, 0.15) is 11.3 Å². The van der Waals surface area contributed by atoms with E-state index in [1.165, 1.54) is 25.7 Å². The Bertz CT molecular complexity index is 603. The molecule has 1 fully saturated rings. The topological polar surface area (TPSA) is 69.1 Å². The summed E-state index contributed by atoms with van der Waals surface area (Å²) in [5, 5.41) is 0. The molecule has 2 N–H and O–H groups in total. The van der Waals surface area contributed by atoms with Crippen LogP contribution in [0.5, 0.6) is 0 Å². The summed E-state index contributed by atoms with van der Waals surface area (Å²) in [4.78, 5) is 4.34. The first-order valence-corrected chi connectivity index (χ1v) is 8.20. The highest BCUT2D eigenvalue weighted by Gasteiger charge is 2.19. The van der Waals surface area contributed by atoms with Crippen molar-refractivity contribution in [2.24, 2.45) is 5.92 Å². The molecule has 4 nitrogen and oxygen atoms in total. The number of benzene rings is 1. The zero-order valence-electron chi connectivity index (χ0n) is 10.8. The number of fused-ring (bicyclic) bond motifs is 1. The maximum Gasteiger partial charge on any atom is 0.208 e. The van der Waals surface area contributed by atoms with Crippen LogP contribution in [0.3, 0.4) is 0 Å². The highest BCUT2D eigenvalue weighted by atomic mass is 32.2. The number of nitrogen functional groups attached to an aromatic ring is 1. The molecule has 0 spiro atoms. The monoisotopic (exact) mass is 278 g/mol. The van der Waals surface area contributed by atoms with Gasteiger partial charge in [-0.15, -0.1) is 0 Å². The molecular weight excluding hydrogens is 260 g/mol. The largest absolute Gasteiger partial charge is 0.440 e. The summed E-state index contributed by atoms with van der Waals surface area (Å²) < 4.78 is 17.7. The van der Waals surface area contributed by atoms with Crippen LogP contribution >= 0.6 is 0 Å². The highest BCUT2D eigenvalue weighted by Crippen LogP contribution is 2.26. The number of hydrogen-bond acceptors (Lipinski definition) is 4. The van der Waals surface area contributed by atoms with Gasteiger partial charge in [0.2, 0.25) is 5.89 Å². The molecule has 1 heterocycles. The van der Waals surface area contributed by atoms with Crippen LogP contribution in [-0.2, 0) is 16.6 Å². The fourth-order valence-corrected chi connectivity index (χ4v) is 4.09. The second-order valence-electron chi connectivity index (χ2n) is 5.20. The van der Waals surface area contributed by atoms with Gasteiger partial charge in [-0.3, -0.25) is 4.21 Å². The number of nitrogens with two attached hydrogens (primary N) is 1. The first-order chi connectivity index (χ1) is 9.22. The predicted octanol–water partition coefficient (Wildman–Crippen LogP) is 2.85. The highest BCUT2D eigenvalue weighted by molar-refractivity contribution is 7.84. The lowest BCUT2D eigenvalue weighted by molar-refractivity contribution is 0.549. The predicted molar refractivity (Wildman–Crippen MR) is 77.1 cm³/mol. The Kier molecular flexibility index (Phi) is 3.55. The van der Waals surface area contributed by atoms with Gasteiger partial charge < -0.3 is 10.2 Å². The number of aromatic nitrogens is 1. The molecule has 0 radical (unpaired) electrons. The van der Waals surface area contributed by atoms with Crippen molar-refractivity contribution in [3.05, 3.63) is 24.1 Å². The molecule has 2 aromatic rings. The Hall–Kier alpha value is -1.36. The second-order valence-corrected chi connectivity index (χ2v) is 6.70. The molecule has 1 atom stereocenters. The average Bonchev–Trinajstić information content (AvgIpc) is 2.98. The average molecular weight is 278 g/mol. The van der Waals surface area contributed by atoms with Crippen LogP contribution in [-0.4, -0.2) is 14.9 Å². The van der Waals surface area contributed by atoms with E-state index in [9.17, 15) is 4.21 Å². The fraction of sp³-hybridized carbons (Fsp3) is 0.500. The number of hydrogen-bond donors (Lipinski definition) is 1. The molecule has 1 aliphatic rings. The molecule has 0 bridgehead atoms. The minimum atomic E-state index is -0.891. The smallest absolute Gasteiger partial charge is 0.208 e. The van der Waals surface area contributed by atoms with Gasteiger partial charge in [-0.1, -0.05) is 18.9 Å². The summed E-state index contributed by atoms with van der Waals surface area (Å²) in [7, 11) is -0.891. The number of nitrogens with zero attached hydrogens (tertiary/aromatic N) is 1. The van der Waals surface area contributed by atoms with E-state index in [4.69, 9.17) is 10.2 Å². The third-order valence-electron chi connectivity index (χ3n) is 3.68. The van der Waals surface area contributed by atoms with E-state index in [0.717, 1.165) is 5.75 Å². The van der Waals surface area contributed by atoms with E-state index in [0.29, 0.717) is 34.3 Å². The molecule has 1 unspecified atom stereocenters. The number of anilines is 1. The van der Waals surface area contributed by atoms with E-state index in [1.807, 2.05) is 12.1 Å². The molecule has 0 amide bonds. The zero-order chi connectivity index (χ0) is 13.2.